The lowest BCUT2D eigenvalue weighted by atomic mass is 10.2. The van der Waals surface area contributed by atoms with Crippen LogP contribution in [0.1, 0.15) is 32.1 Å². The van der Waals surface area contributed by atoms with Crippen LogP contribution < -0.4 is 5.73 Å². The van der Waals surface area contributed by atoms with Crippen molar-refractivity contribution in [1.29, 1.82) is 0 Å². The third-order valence-corrected chi connectivity index (χ3v) is 2.83. The Labute approximate surface area is 85.1 Å². The second kappa shape index (κ2) is 5.98. The highest BCUT2D eigenvalue weighted by Gasteiger charge is 2.23. The molecule has 0 atom stereocenters. The Morgan fingerprint density at radius 1 is 1.43 bits per heavy atom. The molecule has 0 bridgehead atoms. The topological polar surface area (TPSA) is 66.6 Å². The number of aliphatic carboxylic acids is 1. The van der Waals surface area contributed by atoms with Crippen LogP contribution in [0.3, 0.4) is 0 Å². The van der Waals surface area contributed by atoms with Gasteiger partial charge in [-0.3, -0.25) is 9.69 Å². The van der Waals surface area contributed by atoms with E-state index in [0.717, 1.165) is 25.8 Å². The SMILES string of the molecule is NCCCN(CC(=O)O)C1CCCC1. The number of nitrogens with zero attached hydrogens (tertiary/aromatic N) is 1. The van der Waals surface area contributed by atoms with E-state index in [1.165, 1.54) is 12.8 Å². The van der Waals surface area contributed by atoms with Gasteiger partial charge in [-0.05, 0) is 25.8 Å². The van der Waals surface area contributed by atoms with Crippen LogP contribution in [-0.2, 0) is 4.79 Å². The van der Waals surface area contributed by atoms with E-state index >= 15 is 0 Å². The van der Waals surface area contributed by atoms with Gasteiger partial charge in [0.05, 0.1) is 6.54 Å². The summed E-state index contributed by atoms with van der Waals surface area (Å²) in [6.45, 7) is 1.64. The van der Waals surface area contributed by atoms with Crippen molar-refractivity contribution in [2.24, 2.45) is 5.73 Å². The van der Waals surface area contributed by atoms with Crippen molar-refractivity contribution in [3.8, 4) is 0 Å². The molecule has 3 N–H and O–H groups in total. The van der Waals surface area contributed by atoms with Crippen molar-refractivity contribution < 1.29 is 9.90 Å². The number of carboxylic acid groups (broad SMARTS) is 1. The van der Waals surface area contributed by atoms with Crippen LogP contribution in [0.5, 0.6) is 0 Å². The molecule has 4 heteroatoms. The first-order valence-electron chi connectivity index (χ1n) is 5.40. The van der Waals surface area contributed by atoms with Gasteiger partial charge < -0.3 is 10.8 Å². The number of rotatable bonds is 6. The summed E-state index contributed by atoms with van der Waals surface area (Å²) < 4.78 is 0. The Bertz CT molecular complexity index is 179. The number of hydrogen-bond donors (Lipinski definition) is 2. The van der Waals surface area contributed by atoms with Crippen molar-refractivity contribution in [1.82, 2.24) is 4.90 Å². The molecule has 0 amide bonds. The van der Waals surface area contributed by atoms with E-state index in [9.17, 15) is 4.79 Å². The first-order chi connectivity index (χ1) is 6.74. The van der Waals surface area contributed by atoms with E-state index in [1.54, 1.807) is 0 Å². The van der Waals surface area contributed by atoms with Crippen molar-refractivity contribution >= 4 is 5.97 Å². The van der Waals surface area contributed by atoms with Crippen LogP contribution in [0, 0.1) is 0 Å². The molecule has 1 saturated carbocycles. The van der Waals surface area contributed by atoms with Gasteiger partial charge in [-0.1, -0.05) is 12.8 Å². The highest BCUT2D eigenvalue weighted by Crippen LogP contribution is 2.23. The average molecular weight is 200 g/mol. The number of nitrogens with two attached hydrogens (primary N) is 1. The lowest BCUT2D eigenvalue weighted by molar-refractivity contribution is -0.138. The van der Waals surface area contributed by atoms with Crippen LogP contribution in [0.4, 0.5) is 0 Å². The minimum Gasteiger partial charge on any atom is -0.480 e. The minimum absolute atomic E-state index is 0.171. The Morgan fingerprint density at radius 2 is 2.07 bits per heavy atom. The van der Waals surface area contributed by atoms with Crippen LogP contribution in [0.2, 0.25) is 0 Å². The molecule has 0 saturated heterocycles. The molecule has 0 spiro atoms. The fraction of sp³-hybridized carbons (Fsp3) is 0.900. The number of carboxylic acids is 1. The molecule has 1 fully saturated rings. The highest BCUT2D eigenvalue weighted by atomic mass is 16.4. The predicted molar refractivity (Wildman–Crippen MR) is 55.1 cm³/mol. The van der Waals surface area contributed by atoms with Gasteiger partial charge in [-0.15, -0.1) is 0 Å². The molecule has 0 heterocycles. The van der Waals surface area contributed by atoms with E-state index in [0.29, 0.717) is 12.6 Å². The summed E-state index contributed by atoms with van der Waals surface area (Å²) in [6, 6.07) is 0.484. The summed E-state index contributed by atoms with van der Waals surface area (Å²) in [5.41, 5.74) is 5.43. The van der Waals surface area contributed by atoms with Crippen molar-refractivity contribution in [2.75, 3.05) is 19.6 Å². The van der Waals surface area contributed by atoms with E-state index in [1.807, 2.05) is 0 Å². The summed E-state index contributed by atoms with van der Waals surface area (Å²) in [5, 5.41) is 8.77. The molecular formula is C10H20N2O2. The minimum atomic E-state index is -0.728. The summed E-state index contributed by atoms with van der Waals surface area (Å²) in [7, 11) is 0. The van der Waals surface area contributed by atoms with Crippen LogP contribution in [0.15, 0.2) is 0 Å². The zero-order valence-electron chi connectivity index (χ0n) is 8.61. The Morgan fingerprint density at radius 3 is 2.57 bits per heavy atom. The smallest absolute Gasteiger partial charge is 0.317 e. The van der Waals surface area contributed by atoms with Crippen molar-refractivity contribution in [3.63, 3.8) is 0 Å². The lowest BCUT2D eigenvalue weighted by Crippen LogP contribution is -2.38. The van der Waals surface area contributed by atoms with E-state index in [-0.39, 0.29) is 6.54 Å². The summed E-state index contributed by atoms with van der Waals surface area (Å²) in [6.07, 6.45) is 5.67. The van der Waals surface area contributed by atoms with E-state index < -0.39 is 5.97 Å². The standard InChI is InChI=1S/C10H20N2O2/c11-6-3-7-12(8-10(13)14)9-4-1-2-5-9/h9H,1-8,11H2,(H,13,14). The van der Waals surface area contributed by atoms with E-state index in [4.69, 9.17) is 10.8 Å². The van der Waals surface area contributed by atoms with Crippen molar-refractivity contribution in [2.45, 2.75) is 38.1 Å². The molecule has 0 unspecified atom stereocenters. The van der Waals surface area contributed by atoms with Gasteiger partial charge in [0, 0.05) is 12.6 Å². The predicted octanol–water partition coefficient (Wildman–Crippen LogP) is 0.664. The molecule has 1 rings (SSSR count). The van der Waals surface area contributed by atoms with Gasteiger partial charge in [-0.25, -0.2) is 0 Å². The normalized spacial score (nSPS) is 17.9. The summed E-state index contributed by atoms with van der Waals surface area (Å²) >= 11 is 0. The van der Waals surface area contributed by atoms with Gasteiger partial charge in [0.2, 0.25) is 0 Å². The lowest BCUT2D eigenvalue weighted by Gasteiger charge is -2.26. The maximum atomic E-state index is 10.7. The summed E-state index contributed by atoms with van der Waals surface area (Å²) in [5.74, 6) is -0.728. The first kappa shape index (κ1) is 11.5. The quantitative estimate of drug-likeness (QED) is 0.661. The molecule has 0 aromatic rings. The van der Waals surface area contributed by atoms with E-state index in [2.05, 4.69) is 4.90 Å². The van der Waals surface area contributed by atoms with Gasteiger partial charge >= 0.3 is 5.97 Å². The molecule has 0 radical (unpaired) electrons. The molecule has 0 aromatic heterocycles. The van der Waals surface area contributed by atoms with Gasteiger partial charge in [-0.2, -0.15) is 0 Å². The first-order valence-corrected chi connectivity index (χ1v) is 5.40. The fourth-order valence-corrected chi connectivity index (χ4v) is 2.13. The fourth-order valence-electron chi connectivity index (χ4n) is 2.13. The number of carbonyl (C=O) groups is 1. The van der Waals surface area contributed by atoms with Crippen LogP contribution in [0.25, 0.3) is 0 Å². The van der Waals surface area contributed by atoms with Crippen molar-refractivity contribution in [3.05, 3.63) is 0 Å². The van der Waals surface area contributed by atoms with Crippen LogP contribution >= 0.6 is 0 Å². The molecular weight excluding hydrogens is 180 g/mol. The number of hydrogen-bond acceptors (Lipinski definition) is 3. The second-order valence-electron chi connectivity index (χ2n) is 3.94. The third kappa shape index (κ3) is 3.64. The zero-order valence-corrected chi connectivity index (χ0v) is 8.61. The molecule has 0 aromatic carbocycles. The van der Waals surface area contributed by atoms with Crippen LogP contribution in [-0.4, -0.2) is 41.7 Å². The summed E-state index contributed by atoms with van der Waals surface area (Å²) in [4.78, 5) is 12.7. The molecule has 0 aliphatic heterocycles. The molecule has 1 aliphatic rings. The van der Waals surface area contributed by atoms with Gasteiger partial charge in [0.15, 0.2) is 0 Å². The van der Waals surface area contributed by atoms with Gasteiger partial charge in [0.1, 0.15) is 0 Å². The molecule has 1 aliphatic carbocycles. The zero-order chi connectivity index (χ0) is 10.4. The maximum Gasteiger partial charge on any atom is 0.317 e. The molecule has 4 nitrogen and oxygen atoms in total. The highest BCUT2D eigenvalue weighted by molar-refractivity contribution is 5.69. The largest absolute Gasteiger partial charge is 0.480 e. The molecule has 14 heavy (non-hydrogen) atoms. The maximum absolute atomic E-state index is 10.7. The average Bonchev–Trinajstić information content (AvgIpc) is 2.64. The second-order valence-corrected chi connectivity index (χ2v) is 3.94. The Hall–Kier alpha value is -0.610. The Balaban J connectivity index is 2.37. The van der Waals surface area contributed by atoms with Gasteiger partial charge in [0.25, 0.3) is 0 Å². The third-order valence-electron chi connectivity index (χ3n) is 2.83. The monoisotopic (exact) mass is 200 g/mol. The Kier molecular flexibility index (Phi) is 4.90. The molecule has 82 valence electrons.